The molecule has 1 aromatic heterocycles. The van der Waals surface area contributed by atoms with Crippen molar-refractivity contribution in [2.75, 3.05) is 19.0 Å². The van der Waals surface area contributed by atoms with Gasteiger partial charge in [-0.1, -0.05) is 64.3 Å². The lowest BCUT2D eigenvalue weighted by Gasteiger charge is -2.32. The molecule has 0 N–H and O–H groups in total. The van der Waals surface area contributed by atoms with Crippen molar-refractivity contribution in [3.05, 3.63) is 42.1 Å². The Labute approximate surface area is 149 Å². The minimum Gasteiger partial charge on any atom is -0.249 e. The number of hydrogen-bond acceptors (Lipinski definition) is 1. The molecule has 0 fully saturated rings. The molecule has 1 unspecified atom stereocenters. The van der Waals surface area contributed by atoms with E-state index in [1.54, 1.807) is 0 Å². The molecule has 0 bridgehead atoms. The second-order valence-corrected chi connectivity index (χ2v) is 11.8. The average molecular weight is 345 g/mol. The number of para-hydroxylation sites is 1. The molecule has 2 aromatic rings. The van der Waals surface area contributed by atoms with Crippen LogP contribution in [0.3, 0.4) is 0 Å². The summed E-state index contributed by atoms with van der Waals surface area (Å²) >= 11 is 0. The molecule has 2 rings (SSSR count). The summed E-state index contributed by atoms with van der Waals surface area (Å²) in [7, 11) is -0.991. The molecular formula is C22H35NP+. The van der Waals surface area contributed by atoms with Gasteiger partial charge in [0.05, 0.1) is 23.5 Å². The van der Waals surface area contributed by atoms with Crippen LogP contribution in [0.5, 0.6) is 0 Å². The van der Waals surface area contributed by atoms with Crippen molar-refractivity contribution < 1.29 is 0 Å². The highest BCUT2D eigenvalue weighted by Gasteiger charge is 2.41. The van der Waals surface area contributed by atoms with Crippen molar-refractivity contribution in [2.24, 2.45) is 0 Å². The predicted molar refractivity (Wildman–Crippen MR) is 112 cm³/mol. The Morgan fingerprint density at radius 3 is 2.17 bits per heavy atom. The van der Waals surface area contributed by atoms with Gasteiger partial charge in [-0.15, -0.1) is 0 Å². The number of unbranched alkanes of at least 4 members (excludes halogenated alkanes) is 2. The molecule has 0 aliphatic heterocycles. The van der Waals surface area contributed by atoms with Gasteiger partial charge in [0.15, 0.2) is 0 Å². The number of aromatic nitrogens is 1. The summed E-state index contributed by atoms with van der Waals surface area (Å²) in [5, 5.41) is 1.26. The van der Waals surface area contributed by atoms with Crippen LogP contribution < -0.4 is 0 Å². The zero-order valence-electron chi connectivity index (χ0n) is 16.1. The Morgan fingerprint density at radius 2 is 1.54 bits per heavy atom. The molecule has 1 atom stereocenters. The van der Waals surface area contributed by atoms with Crippen LogP contribution in [-0.4, -0.2) is 24.0 Å². The Kier molecular flexibility index (Phi) is 7.69. The van der Waals surface area contributed by atoms with Crippen LogP contribution >= 0.6 is 7.26 Å². The summed E-state index contributed by atoms with van der Waals surface area (Å²) in [5.74, 6) is 0. The van der Waals surface area contributed by atoms with E-state index in [0.29, 0.717) is 5.66 Å². The fourth-order valence-electron chi connectivity index (χ4n) is 3.78. The monoisotopic (exact) mass is 344 g/mol. The molecule has 132 valence electrons. The van der Waals surface area contributed by atoms with Crippen molar-refractivity contribution in [2.45, 2.75) is 65.0 Å². The van der Waals surface area contributed by atoms with E-state index in [9.17, 15) is 0 Å². The predicted octanol–water partition coefficient (Wildman–Crippen LogP) is 7.32. The minimum absolute atomic E-state index is 0.685. The topological polar surface area (TPSA) is 12.9 Å². The van der Waals surface area contributed by atoms with Crippen LogP contribution in [0, 0.1) is 0 Å². The Morgan fingerprint density at radius 1 is 0.875 bits per heavy atom. The van der Waals surface area contributed by atoms with E-state index in [-0.39, 0.29) is 0 Å². The van der Waals surface area contributed by atoms with Crippen molar-refractivity contribution in [3.8, 4) is 0 Å². The molecule has 0 aliphatic carbocycles. The molecule has 2 heteroatoms. The first-order valence-electron chi connectivity index (χ1n) is 9.84. The number of fused-ring (bicyclic) bond motifs is 1. The quantitative estimate of drug-likeness (QED) is 0.411. The third-order valence-electron chi connectivity index (χ3n) is 5.32. The molecular weight excluding hydrogens is 309 g/mol. The van der Waals surface area contributed by atoms with Crippen molar-refractivity contribution >= 4 is 18.2 Å². The molecule has 1 aromatic carbocycles. The molecule has 0 radical (unpaired) electrons. The van der Waals surface area contributed by atoms with Crippen LogP contribution in [0.15, 0.2) is 36.4 Å². The minimum atomic E-state index is -0.991. The van der Waals surface area contributed by atoms with Gasteiger partial charge in [-0.3, -0.25) is 0 Å². The van der Waals surface area contributed by atoms with E-state index in [1.165, 1.54) is 61.9 Å². The number of hydrogen-bond donors (Lipinski definition) is 0. The maximum Gasteiger partial charge on any atom is 0.111 e. The summed E-state index contributed by atoms with van der Waals surface area (Å²) in [6.45, 7) is 9.62. The third-order valence-corrected chi connectivity index (χ3v) is 10.0. The first kappa shape index (κ1) is 19.4. The van der Waals surface area contributed by atoms with Gasteiger partial charge in [0, 0.05) is 19.3 Å². The van der Waals surface area contributed by atoms with Crippen LogP contribution in [0.1, 0.15) is 70.6 Å². The van der Waals surface area contributed by atoms with Crippen LogP contribution in [-0.2, 0) is 0 Å². The zero-order valence-corrected chi connectivity index (χ0v) is 17.0. The van der Waals surface area contributed by atoms with E-state index in [4.69, 9.17) is 4.98 Å². The number of rotatable bonds is 10. The summed E-state index contributed by atoms with van der Waals surface area (Å²) in [4.78, 5) is 5.10. The number of benzene rings is 1. The smallest absolute Gasteiger partial charge is 0.111 e. The van der Waals surface area contributed by atoms with Gasteiger partial charge < -0.3 is 0 Å². The van der Waals surface area contributed by atoms with E-state index in [0.717, 1.165) is 5.52 Å². The van der Waals surface area contributed by atoms with E-state index < -0.39 is 7.26 Å². The summed E-state index contributed by atoms with van der Waals surface area (Å²) in [6, 6.07) is 13.1. The molecule has 0 amide bonds. The average Bonchev–Trinajstić information content (AvgIpc) is 2.62. The zero-order chi connectivity index (χ0) is 17.4. The lowest BCUT2D eigenvalue weighted by molar-refractivity contribution is 0.733. The van der Waals surface area contributed by atoms with Gasteiger partial charge in [0.1, 0.15) is 5.66 Å². The molecule has 0 aliphatic rings. The van der Waals surface area contributed by atoms with E-state index in [2.05, 4.69) is 63.8 Å². The second-order valence-electron chi connectivity index (χ2n) is 7.37. The summed E-state index contributed by atoms with van der Waals surface area (Å²) < 4.78 is 0. The van der Waals surface area contributed by atoms with Crippen molar-refractivity contribution in [3.63, 3.8) is 0 Å². The largest absolute Gasteiger partial charge is 0.249 e. The lowest BCUT2D eigenvalue weighted by atomic mass is 10.1. The highest BCUT2D eigenvalue weighted by molar-refractivity contribution is 7.75. The number of pyridine rings is 1. The molecule has 1 nitrogen and oxygen atoms in total. The Bertz CT molecular complexity index is 614. The first-order valence-corrected chi connectivity index (χ1v) is 12.5. The van der Waals surface area contributed by atoms with E-state index in [1.807, 2.05) is 0 Å². The highest BCUT2D eigenvalue weighted by Crippen LogP contribution is 2.69. The molecule has 0 saturated heterocycles. The number of nitrogens with zero attached hydrogens (tertiary/aromatic N) is 1. The van der Waals surface area contributed by atoms with Gasteiger partial charge in [-0.25, -0.2) is 4.98 Å². The molecule has 24 heavy (non-hydrogen) atoms. The first-order chi connectivity index (χ1) is 11.6. The maximum absolute atomic E-state index is 5.10. The van der Waals surface area contributed by atoms with Gasteiger partial charge in [-0.05, 0) is 31.4 Å². The van der Waals surface area contributed by atoms with Gasteiger partial charge >= 0.3 is 0 Å². The van der Waals surface area contributed by atoms with Gasteiger partial charge in [-0.2, -0.15) is 0 Å². The standard InChI is InChI=1S/C22H35NP/c1-5-8-17-24(4,18-9-6-2)22(12-7-3)21-16-15-19-13-10-11-14-20(19)23-21/h10-11,13-16,22H,5-9,12,17-18H2,1-4H3/q+1. The Hall–Kier alpha value is -0.940. The normalized spacial score (nSPS) is 13.3. The fraction of sp³-hybridized carbons (Fsp3) is 0.591. The summed E-state index contributed by atoms with van der Waals surface area (Å²) in [5.41, 5.74) is 3.21. The Balaban J connectivity index is 2.38. The molecule has 0 saturated carbocycles. The van der Waals surface area contributed by atoms with Gasteiger partial charge in [0.25, 0.3) is 0 Å². The van der Waals surface area contributed by atoms with Crippen molar-refractivity contribution in [1.29, 1.82) is 0 Å². The van der Waals surface area contributed by atoms with Crippen LogP contribution in [0.4, 0.5) is 0 Å². The van der Waals surface area contributed by atoms with Crippen LogP contribution in [0.25, 0.3) is 10.9 Å². The van der Waals surface area contributed by atoms with Crippen LogP contribution in [0.2, 0.25) is 0 Å². The molecule has 1 heterocycles. The lowest BCUT2D eigenvalue weighted by Crippen LogP contribution is -2.14. The fourth-order valence-corrected chi connectivity index (χ4v) is 8.37. The maximum atomic E-state index is 5.10. The molecule has 0 spiro atoms. The second kappa shape index (κ2) is 9.52. The third kappa shape index (κ3) is 4.79. The van der Waals surface area contributed by atoms with Gasteiger partial charge in [0.2, 0.25) is 0 Å². The SMILES string of the molecule is CCCC[P+](C)(CCCC)C(CCC)c1ccc2ccccc2n1. The van der Waals surface area contributed by atoms with E-state index >= 15 is 0 Å². The highest BCUT2D eigenvalue weighted by atomic mass is 31.2. The van der Waals surface area contributed by atoms with Crippen molar-refractivity contribution in [1.82, 2.24) is 4.98 Å². The summed E-state index contributed by atoms with van der Waals surface area (Å²) in [6.07, 6.45) is 10.8.